The van der Waals surface area contributed by atoms with E-state index >= 15 is 0 Å². The van der Waals surface area contributed by atoms with Crippen LogP contribution >= 0.6 is 0 Å². The maximum absolute atomic E-state index is 12.1. The fourth-order valence-electron chi connectivity index (χ4n) is 2.18. The van der Waals surface area contributed by atoms with Gasteiger partial charge in [-0.15, -0.1) is 0 Å². The second-order valence-corrected chi connectivity index (χ2v) is 6.03. The molecule has 19 heavy (non-hydrogen) atoms. The van der Waals surface area contributed by atoms with Crippen molar-refractivity contribution in [1.29, 1.82) is 0 Å². The van der Waals surface area contributed by atoms with Gasteiger partial charge in [0.05, 0.1) is 6.10 Å². The number of methoxy groups -OCH3 is 1. The van der Waals surface area contributed by atoms with Crippen LogP contribution in [0.25, 0.3) is 0 Å². The van der Waals surface area contributed by atoms with Gasteiger partial charge in [0.15, 0.2) is 0 Å². The molecule has 110 valence electrons. The summed E-state index contributed by atoms with van der Waals surface area (Å²) in [6, 6.07) is -1.23. The number of aliphatic carboxylic acids is 1. The van der Waals surface area contributed by atoms with Crippen molar-refractivity contribution in [1.82, 2.24) is 10.2 Å². The van der Waals surface area contributed by atoms with E-state index in [0.717, 1.165) is 12.8 Å². The number of amides is 2. The van der Waals surface area contributed by atoms with Gasteiger partial charge < -0.3 is 20.1 Å². The molecule has 0 aromatic heterocycles. The fourth-order valence-corrected chi connectivity index (χ4v) is 2.18. The molecule has 6 nitrogen and oxygen atoms in total. The van der Waals surface area contributed by atoms with Gasteiger partial charge in [-0.3, -0.25) is 0 Å². The Morgan fingerprint density at radius 2 is 2.05 bits per heavy atom. The van der Waals surface area contributed by atoms with Crippen molar-refractivity contribution in [3.8, 4) is 0 Å². The van der Waals surface area contributed by atoms with E-state index in [2.05, 4.69) is 5.32 Å². The van der Waals surface area contributed by atoms with Gasteiger partial charge in [0.1, 0.15) is 6.04 Å². The number of carbonyl (C=O) groups is 2. The molecule has 0 aromatic rings. The quantitative estimate of drug-likeness (QED) is 0.812. The SMILES string of the molecule is COC1CCCN(C(=O)N[C@@H](C(=O)O)C(C)(C)C)C1. The van der Waals surface area contributed by atoms with E-state index in [1.807, 2.05) is 0 Å². The summed E-state index contributed by atoms with van der Waals surface area (Å²) in [5.41, 5.74) is -0.530. The number of nitrogens with zero attached hydrogens (tertiary/aromatic N) is 1. The molecule has 0 aliphatic carbocycles. The van der Waals surface area contributed by atoms with Crippen LogP contribution in [0.5, 0.6) is 0 Å². The standard InChI is InChI=1S/C13H24N2O4/c1-13(2,3)10(11(16)17)14-12(18)15-7-5-6-9(8-15)19-4/h9-10H,5-8H2,1-4H3,(H,14,18)(H,16,17)/t9?,10-/m0/s1. The lowest BCUT2D eigenvalue weighted by Gasteiger charge is -2.35. The highest BCUT2D eigenvalue weighted by Gasteiger charge is 2.34. The van der Waals surface area contributed by atoms with Crippen LogP contribution in [0.2, 0.25) is 0 Å². The van der Waals surface area contributed by atoms with Crippen LogP contribution < -0.4 is 5.32 Å². The number of hydrogen-bond acceptors (Lipinski definition) is 3. The van der Waals surface area contributed by atoms with Gasteiger partial charge in [-0.05, 0) is 18.3 Å². The van der Waals surface area contributed by atoms with Crippen molar-refractivity contribution in [2.45, 2.75) is 45.8 Å². The molecule has 0 spiro atoms. The third-order valence-electron chi connectivity index (χ3n) is 3.38. The van der Waals surface area contributed by atoms with Crippen molar-refractivity contribution in [3.63, 3.8) is 0 Å². The lowest BCUT2D eigenvalue weighted by Crippen LogP contribution is -2.55. The number of carboxylic acid groups (broad SMARTS) is 1. The van der Waals surface area contributed by atoms with Gasteiger partial charge in [-0.25, -0.2) is 9.59 Å². The molecule has 2 atom stereocenters. The minimum atomic E-state index is -1.01. The number of carbonyl (C=O) groups excluding carboxylic acids is 1. The van der Waals surface area contributed by atoms with Gasteiger partial charge in [0, 0.05) is 20.2 Å². The van der Waals surface area contributed by atoms with Gasteiger partial charge in [0.25, 0.3) is 0 Å². The lowest BCUT2D eigenvalue weighted by atomic mass is 9.87. The van der Waals surface area contributed by atoms with E-state index in [0.29, 0.717) is 13.1 Å². The van der Waals surface area contributed by atoms with Crippen molar-refractivity contribution in [2.24, 2.45) is 5.41 Å². The highest BCUT2D eigenvalue weighted by molar-refractivity contribution is 5.83. The summed E-state index contributed by atoms with van der Waals surface area (Å²) in [6.45, 7) is 6.53. The van der Waals surface area contributed by atoms with Crippen LogP contribution in [0, 0.1) is 5.41 Å². The number of ether oxygens (including phenoxy) is 1. The van der Waals surface area contributed by atoms with Crippen LogP contribution in [-0.4, -0.2) is 54.4 Å². The van der Waals surface area contributed by atoms with E-state index in [1.54, 1.807) is 32.8 Å². The first-order valence-electron chi connectivity index (χ1n) is 6.56. The number of piperidine rings is 1. The molecular weight excluding hydrogens is 248 g/mol. The molecule has 2 N–H and O–H groups in total. The molecule has 1 heterocycles. The first-order chi connectivity index (χ1) is 8.75. The summed E-state index contributed by atoms with van der Waals surface area (Å²) in [6.07, 6.45) is 1.85. The Morgan fingerprint density at radius 3 is 2.53 bits per heavy atom. The van der Waals surface area contributed by atoms with Gasteiger partial charge in [-0.1, -0.05) is 20.8 Å². The molecule has 0 saturated carbocycles. The smallest absolute Gasteiger partial charge is 0.326 e. The molecule has 1 rings (SSSR count). The summed E-state index contributed by atoms with van der Waals surface area (Å²) in [7, 11) is 1.63. The predicted octanol–water partition coefficient (Wildman–Crippen LogP) is 1.31. The molecule has 1 aliphatic rings. The molecule has 1 fully saturated rings. The summed E-state index contributed by atoms with van der Waals surface area (Å²) in [5.74, 6) is -1.01. The Hall–Kier alpha value is -1.30. The maximum atomic E-state index is 12.1. The van der Waals surface area contributed by atoms with Crippen LogP contribution in [0.15, 0.2) is 0 Å². The molecule has 0 bridgehead atoms. The number of hydrogen-bond donors (Lipinski definition) is 2. The van der Waals surface area contributed by atoms with Crippen LogP contribution in [0.1, 0.15) is 33.6 Å². The van der Waals surface area contributed by atoms with Crippen molar-refractivity contribution >= 4 is 12.0 Å². The topological polar surface area (TPSA) is 78.9 Å². The molecule has 0 aromatic carbocycles. The minimum absolute atomic E-state index is 0.0393. The van der Waals surface area contributed by atoms with E-state index in [9.17, 15) is 14.7 Å². The molecule has 2 amide bonds. The molecule has 0 radical (unpaired) electrons. The predicted molar refractivity (Wildman–Crippen MR) is 71.0 cm³/mol. The van der Waals surface area contributed by atoms with E-state index in [-0.39, 0.29) is 12.1 Å². The molecule has 6 heteroatoms. The Labute approximate surface area is 114 Å². The third kappa shape index (κ3) is 4.38. The molecule has 1 aliphatic heterocycles. The second-order valence-electron chi connectivity index (χ2n) is 6.03. The highest BCUT2D eigenvalue weighted by atomic mass is 16.5. The monoisotopic (exact) mass is 272 g/mol. The number of likely N-dealkylation sites (tertiary alicyclic amines) is 1. The zero-order valence-electron chi connectivity index (χ0n) is 12.1. The van der Waals surface area contributed by atoms with E-state index in [4.69, 9.17) is 4.74 Å². The average molecular weight is 272 g/mol. The van der Waals surface area contributed by atoms with Crippen LogP contribution in [-0.2, 0) is 9.53 Å². The van der Waals surface area contributed by atoms with E-state index in [1.165, 1.54) is 0 Å². The highest BCUT2D eigenvalue weighted by Crippen LogP contribution is 2.20. The average Bonchev–Trinajstić information content (AvgIpc) is 2.33. The first-order valence-corrected chi connectivity index (χ1v) is 6.56. The fraction of sp³-hybridized carbons (Fsp3) is 0.846. The molecule has 1 unspecified atom stereocenters. The zero-order valence-corrected chi connectivity index (χ0v) is 12.1. The minimum Gasteiger partial charge on any atom is -0.480 e. The first kappa shape index (κ1) is 15.8. The second kappa shape index (κ2) is 6.23. The van der Waals surface area contributed by atoms with Crippen molar-refractivity contribution in [3.05, 3.63) is 0 Å². The molecule has 1 saturated heterocycles. The Bertz CT molecular complexity index is 338. The number of carboxylic acids is 1. The summed E-state index contributed by atoms with van der Waals surface area (Å²) in [4.78, 5) is 25.0. The van der Waals surface area contributed by atoms with E-state index < -0.39 is 17.4 Å². The summed E-state index contributed by atoms with van der Waals surface area (Å²) in [5, 5.41) is 11.8. The van der Waals surface area contributed by atoms with Crippen LogP contribution in [0.4, 0.5) is 4.79 Å². The van der Waals surface area contributed by atoms with Gasteiger partial charge >= 0.3 is 12.0 Å². The maximum Gasteiger partial charge on any atom is 0.326 e. The number of nitrogens with one attached hydrogen (secondary N) is 1. The number of rotatable bonds is 3. The van der Waals surface area contributed by atoms with Crippen molar-refractivity contribution in [2.75, 3.05) is 20.2 Å². The number of urea groups is 1. The zero-order chi connectivity index (χ0) is 14.6. The summed E-state index contributed by atoms with van der Waals surface area (Å²) >= 11 is 0. The van der Waals surface area contributed by atoms with Gasteiger partial charge in [-0.2, -0.15) is 0 Å². The Kier molecular flexibility index (Phi) is 5.17. The van der Waals surface area contributed by atoms with Crippen molar-refractivity contribution < 1.29 is 19.4 Å². The normalized spacial score (nSPS) is 21.9. The largest absolute Gasteiger partial charge is 0.480 e. The molecular formula is C13H24N2O4. The third-order valence-corrected chi connectivity index (χ3v) is 3.38. The Morgan fingerprint density at radius 1 is 1.42 bits per heavy atom. The van der Waals surface area contributed by atoms with Crippen LogP contribution in [0.3, 0.4) is 0 Å². The Balaban J connectivity index is 2.64. The summed E-state index contributed by atoms with van der Waals surface area (Å²) < 4.78 is 5.25. The van der Waals surface area contributed by atoms with Gasteiger partial charge in [0.2, 0.25) is 0 Å². The lowest BCUT2D eigenvalue weighted by molar-refractivity contribution is -0.142.